The first-order valence-electron chi connectivity index (χ1n) is 6.61. The molecule has 0 aliphatic heterocycles. The summed E-state index contributed by atoms with van der Waals surface area (Å²) < 4.78 is 5.68. The molecule has 0 amide bonds. The number of nitrogens with zero attached hydrogens (tertiary/aromatic N) is 1. The fourth-order valence-electron chi connectivity index (χ4n) is 1.79. The minimum absolute atomic E-state index is 0.345. The largest absolute Gasteiger partial charge is 0.494 e. The number of hydrogen-bond acceptors (Lipinski definition) is 3. The van der Waals surface area contributed by atoms with Crippen LogP contribution in [0, 0.1) is 11.3 Å². The highest BCUT2D eigenvalue weighted by molar-refractivity contribution is 5.30. The van der Waals surface area contributed by atoms with E-state index >= 15 is 0 Å². The minimum Gasteiger partial charge on any atom is -0.494 e. The van der Waals surface area contributed by atoms with Crippen molar-refractivity contribution in [1.82, 2.24) is 5.32 Å². The summed E-state index contributed by atoms with van der Waals surface area (Å²) in [7, 11) is 0. The van der Waals surface area contributed by atoms with Crippen molar-refractivity contribution in [2.75, 3.05) is 13.2 Å². The van der Waals surface area contributed by atoms with Gasteiger partial charge in [-0.25, -0.2) is 0 Å². The summed E-state index contributed by atoms with van der Waals surface area (Å²) in [6.07, 6.45) is 2.45. The van der Waals surface area contributed by atoms with Gasteiger partial charge in [-0.3, -0.25) is 0 Å². The Hall–Kier alpha value is -1.53. The Balaban J connectivity index is 2.42. The highest BCUT2D eigenvalue weighted by atomic mass is 16.5. The Labute approximate surface area is 110 Å². The zero-order valence-corrected chi connectivity index (χ0v) is 11.3. The summed E-state index contributed by atoms with van der Waals surface area (Å²) in [5.74, 6) is 0.911. The second-order valence-electron chi connectivity index (χ2n) is 4.32. The van der Waals surface area contributed by atoms with Crippen LogP contribution in [0.5, 0.6) is 5.75 Å². The van der Waals surface area contributed by atoms with Crippen molar-refractivity contribution in [3.8, 4) is 11.8 Å². The standard InChI is InChI=1S/C15H22N2O/c1-3-17-13(2)14-8-7-9-15(12-14)18-11-6-4-5-10-16/h7-9,12-13,17H,3-6,11H2,1-2H3. The smallest absolute Gasteiger partial charge is 0.119 e. The number of hydrogen-bond donors (Lipinski definition) is 1. The Bertz CT molecular complexity index is 384. The van der Waals surface area contributed by atoms with Crippen molar-refractivity contribution in [3.63, 3.8) is 0 Å². The van der Waals surface area contributed by atoms with E-state index in [1.807, 2.05) is 12.1 Å². The molecule has 18 heavy (non-hydrogen) atoms. The van der Waals surface area contributed by atoms with Gasteiger partial charge in [-0.05, 0) is 44.0 Å². The predicted octanol–water partition coefficient (Wildman–Crippen LogP) is 3.43. The molecule has 1 aromatic rings. The van der Waals surface area contributed by atoms with Gasteiger partial charge in [0.1, 0.15) is 5.75 Å². The molecule has 0 spiro atoms. The van der Waals surface area contributed by atoms with E-state index in [2.05, 4.69) is 37.4 Å². The maximum Gasteiger partial charge on any atom is 0.119 e. The SMILES string of the molecule is CCNC(C)c1cccc(OCCCCC#N)c1. The van der Waals surface area contributed by atoms with Gasteiger partial charge in [0, 0.05) is 12.5 Å². The Kier molecular flexibility index (Phi) is 6.90. The van der Waals surface area contributed by atoms with Crippen molar-refractivity contribution in [1.29, 1.82) is 5.26 Å². The molecule has 3 nitrogen and oxygen atoms in total. The summed E-state index contributed by atoms with van der Waals surface area (Å²) >= 11 is 0. The van der Waals surface area contributed by atoms with Crippen LogP contribution in [0.2, 0.25) is 0 Å². The third kappa shape index (κ3) is 5.20. The summed E-state index contributed by atoms with van der Waals surface area (Å²) in [6.45, 7) is 5.89. The van der Waals surface area contributed by atoms with E-state index < -0.39 is 0 Å². The van der Waals surface area contributed by atoms with Crippen molar-refractivity contribution in [3.05, 3.63) is 29.8 Å². The molecule has 1 unspecified atom stereocenters. The average molecular weight is 246 g/mol. The summed E-state index contributed by atoms with van der Waals surface area (Å²) in [5.41, 5.74) is 1.24. The molecular formula is C15H22N2O. The van der Waals surface area contributed by atoms with Crippen LogP contribution in [0.25, 0.3) is 0 Å². The first kappa shape index (κ1) is 14.5. The van der Waals surface area contributed by atoms with Crippen molar-refractivity contribution in [2.24, 2.45) is 0 Å². The quantitative estimate of drug-likeness (QED) is 0.715. The number of benzene rings is 1. The zero-order chi connectivity index (χ0) is 13.2. The van der Waals surface area contributed by atoms with Crippen LogP contribution in [-0.2, 0) is 0 Å². The molecule has 1 atom stereocenters. The van der Waals surface area contributed by atoms with Crippen molar-refractivity contribution >= 4 is 0 Å². The van der Waals surface area contributed by atoms with Crippen LogP contribution in [0.1, 0.15) is 44.7 Å². The molecule has 0 radical (unpaired) electrons. The number of rotatable bonds is 8. The number of nitriles is 1. The lowest BCUT2D eigenvalue weighted by Crippen LogP contribution is -2.17. The van der Waals surface area contributed by atoms with Gasteiger partial charge in [-0.1, -0.05) is 19.1 Å². The number of unbranched alkanes of at least 4 members (excludes halogenated alkanes) is 2. The van der Waals surface area contributed by atoms with Crippen molar-refractivity contribution < 1.29 is 4.74 Å². The second kappa shape index (κ2) is 8.54. The Morgan fingerprint density at radius 3 is 2.94 bits per heavy atom. The molecule has 0 saturated carbocycles. The fraction of sp³-hybridized carbons (Fsp3) is 0.533. The molecule has 0 aliphatic carbocycles. The van der Waals surface area contributed by atoms with E-state index in [1.165, 1.54) is 5.56 Å². The van der Waals surface area contributed by atoms with Crippen LogP contribution in [0.3, 0.4) is 0 Å². The summed E-state index contributed by atoms with van der Waals surface area (Å²) in [4.78, 5) is 0. The van der Waals surface area contributed by atoms with E-state index in [0.717, 1.165) is 25.1 Å². The van der Waals surface area contributed by atoms with E-state index in [1.54, 1.807) is 0 Å². The number of ether oxygens (including phenoxy) is 1. The summed E-state index contributed by atoms with van der Waals surface area (Å²) in [6, 6.07) is 10.7. The number of nitrogens with one attached hydrogen (secondary N) is 1. The molecule has 0 aromatic heterocycles. The maximum atomic E-state index is 8.43. The molecule has 0 saturated heterocycles. The van der Waals surface area contributed by atoms with Gasteiger partial charge in [0.15, 0.2) is 0 Å². The third-order valence-corrected chi connectivity index (χ3v) is 2.82. The lowest BCUT2D eigenvalue weighted by molar-refractivity contribution is 0.307. The van der Waals surface area contributed by atoms with Gasteiger partial charge in [0.05, 0.1) is 12.7 Å². The van der Waals surface area contributed by atoms with Crippen LogP contribution >= 0.6 is 0 Å². The third-order valence-electron chi connectivity index (χ3n) is 2.82. The monoisotopic (exact) mass is 246 g/mol. The van der Waals surface area contributed by atoms with E-state index in [0.29, 0.717) is 19.1 Å². The van der Waals surface area contributed by atoms with E-state index in [4.69, 9.17) is 10.00 Å². The first-order chi connectivity index (χ1) is 8.77. The van der Waals surface area contributed by atoms with Gasteiger partial charge >= 0.3 is 0 Å². The molecule has 3 heteroatoms. The molecule has 1 N–H and O–H groups in total. The highest BCUT2D eigenvalue weighted by Crippen LogP contribution is 2.19. The molecule has 0 heterocycles. The van der Waals surface area contributed by atoms with Gasteiger partial charge in [-0.15, -0.1) is 0 Å². The molecule has 0 bridgehead atoms. The van der Waals surface area contributed by atoms with E-state index in [-0.39, 0.29) is 0 Å². The molecule has 98 valence electrons. The average Bonchev–Trinajstić information content (AvgIpc) is 2.39. The zero-order valence-electron chi connectivity index (χ0n) is 11.3. The van der Waals surface area contributed by atoms with Crippen LogP contribution in [0.4, 0.5) is 0 Å². The predicted molar refractivity (Wildman–Crippen MR) is 73.5 cm³/mol. The minimum atomic E-state index is 0.345. The molecular weight excluding hydrogens is 224 g/mol. The molecule has 1 rings (SSSR count). The fourth-order valence-corrected chi connectivity index (χ4v) is 1.79. The Morgan fingerprint density at radius 1 is 1.39 bits per heavy atom. The normalized spacial score (nSPS) is 11.8. The maximum absolute atomic E-state index is 8.43. The topological polar surface area (TPSA) is 45.0 Å². The van der Waals surface area contributed by atoms with Crippen LogP contribution in [0.15, 0.2) is 24.3 Å². The lowest BCUT2D eigenvalue weighted by atomic mass is 10.1. The highest BCUT2D eigenvalue weighted by Gasteiger charge is 2.04. The van der Waals surface area contributed by atoms with Crippen LogP contribution in [-0.4, -0.2) is 13.2 Å². The van der Waals surface area contributed by atoms with Gasteiger partial charge in [0.2, 0.25) is 0 Å². The van der Waals surface area contributed by atoms with Crippen LogP contribution < -0.4 is 10.1 Å². The van der Waals surface area contributed by atoms with Gasteiger partial charge in [-0.2, -0.15) is 5.26 Å². The Morgan fingerprint density at radius 2 is 2.22 bits per heavy atom. The molecule has 0 fully saturated rings. The molecule has 1 aromatic carbocycles. The second-order valence-corrected chi connectivity index (χ2v) is 4.32. The van der Waals surface area contributed by atoms with Crippen molar-refractivity contribution in [2.45, 2.75) is 39.2 Å². The lowest BCUT2D eigenvalue weighted by Gasteiger charge is -2.14. The van der Waals surface area contributed by atoms with Gasteiger partial charge in [0.25, 0.3) is 0 Å². The first-order valence-corrected chi connectivity index (χ1v) is 6.61. The van der Waals surface area contributed by atoms with Gasteiger partial charge < -0.3 is 10.1 Å². The summed E-state index contributed by atoms with van der Waals surface area (Å²) in [5, 5.41) is 11.8. The van der Waals surface area contributed by atoms with E-state index in [9.17, 15) is 0 Å². The molecule has 0 aliphatic rings.